The number of benzene rings is 1. The van der Waals surface area contributed by atoms with Crippen molar-refractivity contribution in [2.24, 2.45) is 0 Å². The quantitative estimate of drug-likeness (QED) is 0.792. The lowest BCUT2D eigenvalue weighted by atomic mass is 10.1. The number of halogens is 3. The summed E-state index contributed by atoms with van der Waals surface area (Å²) >= 11 is 3.23. The molecule has 15 heavy (non-hydrogen) atoms. The molecule has 0 radical (unpaired) electrons. The maximum atomic E-state index is 12.5. The van der Waals surface area contributed by atoms with E-state index in [1.54, 1.807) is 13.1 Å². The van der Waals surface area contributed by atoms with Gasteiger partial charge in [0.2, 0.25) is 0 Å². The molecule has 0 amide bonds. The van der Waals surface area contributed by atoms with Gasteiger partial charge in [0.1, 0.15) is 5.82 Å². The first-order valence-corrected chi connectivity index (χ1v) is 5.08. The Morgan fingerprint density at radius 2 is 2.07 bits per heavy atom. The van der Waals surface area contributed by atoms with Crippen molar-refractivity contribution >= 4 is 26.8 Å². The molecular weight excluding hydrogens is 266 g/mol. The minimum Gasteiger partial charge on any atom is -0.241 e. The molecule has 0 atom stereocenters. The number of hydrogen-bond acceptors (Lipinski definition) is 2. The van der Waals surface area contributed by atoms with E-state index in [4.69, 9.17) is 0 Å². The molecule has 0 fully saturated rings. The van der Waals surface area contributed by atoms with E-state index in [0.29, 0.717) is 21.2 Å². The van der Waals surface area contributed by atoms with Gasteiger partial charge in [-0.25, -0.2) is 18.7 Å². The Labute approximate surface area is 93.5 Å². The van der Waals surface area contributed by atoms with Crippen LogP contribution in [0.3, 0.4) is 0 Å². The van der Waals surface area contributed by atoms with E-state index in [2.05, 4.69) is 25.9 Å². The Kier molecular flexibility index (Phi) is 2.65. The molecule has 0 unspecified atom stereocenters. The third kappa shape index (κ3) is 1.97. The lowest BCUT2D eigenvalue weighted by molar-refractivity contribution is 0.151. The lowest BCUT2D eigenvalue weighted by Gasteiger charge is -2.04. The molecule has 2 aromatic rings. The molecule has 0 saturated carbocycles. The summed E-state index contributed by atoms with van der Waals surface area (Å²) in [6, 6.07) is 2.80. The van der Waals surface area contributed by atoms with Crippen LogP contribution in [0.4, 0.5) is 8.78 Å². The molecule has 2 nitrogen and oxygen atoms in total. The fourth-order valence-electron chi connectivity index (χ4n) is 1.34. The summed E-state index contributed by atoms with van der Waals surface area (Å²) in [7, 11) is 0. The van der Waals surface area contributed by atoms with E-state index in [9.17, 15) is 8.78 Å². The van der Waals surface area contributed by atoms with E-state index in [0.717, 1.165) is 0 Å². The Hall–Kier alpha value is -1.10. The topological polar surface area (TPSA) is 25.8 Å². The smallest absolute Gasteiger partial charge is 0.241 e. The zero-order valence-electron chi connectivity index (χ0n) is 7.84. The van der Waals surface area contributed by atoms with Gasteiger partial charge in [-0.1, -0.05) is 0 Å². The number of fused-ring (bicyclic) bond motifs is 1. The summed E-state index contributed by atoms with van der Waals surface area (Å²) in [5, 5.41) is 0.616. The van der Waals surface area contributed by atoms with Crippen molar-refractivity contribution in [1.29, 1.82) is 0 Å². The van der Waals surface area contributed by atoms with Crippen LogP contribution in [0.15, 0.2) is 22.8 Å². The molecule has 1 aromatic heterocycles. The number of hydrogen-bond donors (Lipinski definition) is 0. The predicted molar refractivity (Wildman–Crippen MR) is 56.9 cm³/mol. The van der Waals surface area contributed by atoms with Gasteiger partial charge < -0.3 is 0 Å². The maximum absolute atomic E-state index is 12.5. The summed E-state index contributed by atoms with van der Waals surface area (Å²) in [4.78, 5) is 8.14. The van der Waals surface area contributed by atoms with Gasteiger partial charge >= 0.3 is 0 Å². The fourth-order valence-corrected chi connectivity index (χ4v) is 1.92. The van der Waals surface area contributed by atoms with Crippen LogP contribution in [0.25, 0.3) is 10.9 Å². The van der Waals surface area contributed by atoms with E-state index < -0.39 is 6.43 Å². The molecule has 78 valence electrons. The van der Waals surface area contributed by atoms with Crippen LogP contribution < -0.4 is 0 Å². The molecular formula is C10H7BrF2N2. The minimum absolute atomic E-state index is 0.0261. The lowest BCUT2D eigenvalue weighted by Crippen LogP contribution is -1.91. The highest BCUT2D eigenvalue weighted by Crippen LogP contribution is 2.28. The molecule has 0 aliphatic heterocycles. The first kappa shape index (κ1) is 10.4. The molecule has 0 aliphatic carbocycles. The second-order valence-electron chi connectivity index (χ2n) is 3.16. The maximum Gasteiger partial charge on any atom is 0.263 e. The molecule has 2 rings (SSSR count). The molecule has 0 bridgehead atoms. The zero-order chi connectivity index (χ0) is 11.0. The second-order valence-corrected chi connectivity index (χ2v) is 4.01. The second kappa shape index (κ2) is 3.81. The van der Waals surface area contributed by atoms with Crippen molar-refractivity contribution in [2.75, 3.05) is 0 Å². The first-order valence-electron chi connectivity index (χ1n) is 4.29. The standard InChI is InChI=1S/C10H7BrF2N2/c1-5-14-4-7-2-6(10(12)13)3-8(11)9(7)15-5/h2-4,10H,1H3. The summed E-state index contributed by atoms with van der Waals surface area (Å²) in [5.74, 6) is 0.619. The van der Waals surface area contributed by atoms with Gasteiger partial charge in [0.05, 0.1) is 5.52 Å². The van der Waals surface area contributed by atoms with Gasteiger partial charge in [-0.3, -0.25) is 0 Å². The Bertz CT molecular complexity index is 514. The number of nitrogens with zero attached hydrogens (tertiary/aromatic N) is 2. The van der Waals surface area contributed by atoms with E-state index in [1.807, 2.05) is 0 Å². The number of alkyl halides is 2. The van der Waals surface area contributed by atoms with Crippen molar-refractivity contribution in [2.45, 2.75) is 13.3 Å². The van der Waals surface area contributed by atoms with E-state index in [1.165, 1.54) is 12.1 Å². The van der Waals surface area contributed by atoms with Gasteiger partial charge in [-0.05, 0) is 35.0 Å². The molecule has 0 N–H and O–H groups in total. The monoisotopic (exact) mass is 272 g/mol. The van der Waals surface area contributed by atoms with Gasteiger partial charge in [0.25, 0.3) is 6.43 Å². The highest BCUT2D eigenvalue weighted by molar-refractivity contribution is 9.10. The van der Waals surface area contributed by atoms with Gasteiger partial charge in [-0.15, -0.1) is 0 Å². The first-order chi connectivity index (χ1) is 7.08. The normalized spacial score (nSPS) is 11.3. The Balaban J connectivity index is 2.73. The average molecular weight is 273 g/mol. The van der Waals surface area contributed by atoms with E-state index in [-0.39, 0.29) is 5.56 Å². The fraction of sp³-hybridized carbons (Fsp3) is 0.200. The van der Waals surface area contributed by atoms with Crippen LogP contribution in [0.1, 0.15) is 17.8 Å². The molecule has 1 aromatic carbocycles. The van der Waals surface area contributed by atoms with Crippen molar-refractivity contribution in [3.05, 3.63) is 34.2 Å². The average Bonchev–Trinajstić information content (AvgIpc) is 2.18. The predicted octanol–water partition coefficient (Wildman–Crippen LogP) is 3.64. The summed E-state index contributed by atoms with van der Waals surface area (Å²) in [6.07, 6.45) is -0.930. The highest BCUT2D eigenvalue weighted by atomic mass is 79.9. The van der Waals surface area contributed by atoms with Crippen molar-refractivity contribution in [3.8, 4) is 0 Å². The minimum atomic E-state index is -2.48. The van der Waals surface area contributed by atoms with Crippen LogP contribution in [0, 0.1) is 6.92 Å². The van der Waals surface area contributed by atoms with Crippen LogP contribution in [0.2, 0.25) is 0 Å². The highest BCUT2D eigenvalue weighted by Gasteiger charge is 2.11. The van der Waals surface area contributed by atoms with Gasteiger partial charge in [0.15, 0.2) is 0 Å². The molecule has 1 heterocycles. The summed E-state index contributed by atoms with van der Waals surface area (Å²) in [5.41, 5.74) is 0.633. The molecule has 0 aliphatic rings. The van der Waals surface area contributed by atoms with Gasteiger partial charge in [-0.2, -0.15) is 0 Å². The zero-order valence-corrected chi connectivity index (χ0v) is 9.42. The van der Waals surface area contributed by atoms with Crippen LogP contribution in [-0.2, 0) is 0 Å². The van der Waals surface area contributed by atoms with Gasteiger partial charge in [0, 0.05) is 21.6 Å². The van der Waals surface area contributed by atoms with E-state index >= 15 is 0 Å². The number of rotatable bonds is 1. The third-order valence-corrected chi connectivity index (χ3v) is 2.64. The molecule has 0 spiro atoms. The van der Waals surface area contributed by atoms with Crippen molar-refractivity contribution < 1.29 is 8.78 Å². The Morgan fingerprint density at radius 1 is 1.33 bits per heavy atom. The Morgan fingerprint density at radius 3 is 2.73 bits per heavy atom. The largest absolute Gasteiger partial charge is 0.263 e. The number of aromatic nitrogens is 2. The third-order valence-electron chi connectivity index (χ3n) is 2.03. The SMILES string of the molecule is Cc1ncc2cc(C(F)F)cc(Br)c2n1. The van der Waals surface area contributed by atoms with Crippen molar-refractivity contribution in [3.63, 3.8) is 0 Å². The molecule has 0 saturated heterocycles. The summed E-state index contributed by atoms with van der Waals surface area (Å²) < 4.78 is 25.6. The summed E-state index contributed by atoms with van der Waals surface area (Å²) in [6.45, 7) is 1.76. The van der Waals surface area contributed by atoms with Crippen LogP contribution in [0.5, 0.6) is 0 Å². The van der Waals surface area contributed by atoms with Crippen LogP contribution in [-0.4, -0.2) is 9.97 Å². The van der Waals surface area contributed by atoms with Crippen molar-refractivity contribution in [1.82, 2.24) is 9.97 Å². The molecule has 5 heteroatoms. The van der Waals surface area contributed by atoms with Crippen LogP contribution >= 0.6 is 15.9 Å². The number of aryl methyl sites for hydroxylation is 1.